The molecule has 0 aliphatic carbocycles. The largest absolute Gasteiger partial charge is 0.355 e. The van der Waals surface area contributed by atoms with E-state index in [9.17, 15) is 9.59 Å². The third kappa shape index (κ3) is 9.45. The minimum absolute atomic E-state index is 0.0660. The minimum Gasteiger partial charge on any atom is -0.355 e. The van der Waals surface area contributed by atoms with E-state index in [1.807, 2.05) is 6.92 Å². The van der Waals surface area contributed by atoms with Gasteiger partial charge in [0.15, 0.2) is 0 Å². The van der Waals surface area contributed by atoms with Crippen LogP contribution >= 0.6 is 0 Å². The summed E-state index contributed by atoms with van der Waals surface area (Å²) in [5.41, 5.74) is 5.34. The summed E-state index contributed by atoms with van der Waals surface area (Å²) in [7, 11) is 0. The van der Waals surface area contributed by atoms with E-state index >= 15 is 0 Å². The van der Waals surface area contributed by atoms with Crippen molar-refractivity contribution in [1.29, 1.82) is 0 Å². The van der Waals surface area contributed by atoms with Gasteiger partial charge >= 0.3 is 0 Å². The zero-order valence-electron chi connectivity index (χ0n) is 10.1. The highest BCUT2D eigenvalue weighted by Crippen LogP contribution is 1.97. The first-order chi connectivity index (χ1) is 7.70. The third-order valence-electron chi connectivity index (χ3n) is 2.13. The molecule has 0 spiro atoms. The van der Waals surface area contributed by atoms with Crippen LogP contribution in [0.5, 0.6) is 0 Å². The van der Waals surface area contributed by atoms with Gasteiger partial charge in [0, 0.05) is 13.0 Å². The highest BCUT2D eigenvalue weighted by molar-refractivity contribution is 5.84. The molecule has 0 radical (unpaired) electrons. The fourth-order valence-electron chi connectivity index (χ4n) is 1.20. The number of unbranched alkanes of at least 4 members (excludes halogenated alkanes) is 2. The number of hydrogen-bond acceptors (Lipinski definition) is 3. The van der Waals surface area contributed by atoms with E-state index in [4.69, 9.17) is 5.73 Å². The predicted molar refractivity (Wildman–Crippen MR) is 63.8 cm³/mol. The number of nitrogens with one attached hydrogen (secondary N) is 2. The van der Waals surface area contributed by atoms with Gasteiger partial charge in [0.25, 0.3) is 0 Å². The van der Waals surface area contributed by atoms with Gasteiger partial charge in [-0.2, -0.15) is 0 Å². The molecule has 0 rings (SSSR count). The van der Waals surface area contributed by atoms with E-state index in [-0.39, 0.29) is 18.4 Å². The van der Waals surface area contributed by atoms with Crippen LogP contribution in [-0.2, 0) is 9.59 Å². The Kier molecular flexibility index (Phi) is 9.70. The van der Waals surface area contributed by atoms with Crippen molar-refractivity contribution in [2.24, 2.45) is 5.73 Å². The number of rotatable bonds is 9. The van der Waals surface area contributed by atoms with Crippen molar-refractivity contribution in [3.8, 4) is 0 Å². The first-order valence-electron chi connectivity index (χ1n) is 5.94. The second-order valence-electron chi connectivity index (χ2n) is 3.73. The first kappa shape index (κ1) is 14.9. The van der Waals surface area contributed by atoms with Crippen LogP contribution in [0.2, 0.25) is 0 Å². The predicted octanol–water partition coefficient (Wildman–Crippen LogP) is 0.148. The van der Waals surface area contributed by atoms with Crippen LogP contribution in [0.1, 0.15) is 39.0 Å². The van der Waals surface area contributed by atoms with Crippen LogP contribution in [0.15, 0.2) is 0 Å². The molecule has 5 heteroatoms. The monoisotopic (exact) mass is 229 g/mol. The van der Waals surface area contributed by atoms with Crippen molar-refractivity contribution in [1.82, 2.24) is 10.6 Å². The smallest absolute Gasteiger partial charge is 0.239 e. The first-order valence-corrected chi connectivity index (χ1v) is 5.94. The molecule has 5 nitrogen and oxygen atoms in total. The maximum Gasteiger partial charge on any atom is 0.239 e. The minimum atomic E-state index is -0.128. The molecule has 0 saturated heterocycles. The van der Waals surface area contributed by atoms with Gasteiger partial charge in [0.2, 0.25) is 11.8 Å². The molecule has 2 amide bonds. The summed E-state index contributed by atoms with van der Waals surface area (Å²) in [5, 5.41) is 5.28. The fraction of sp³-hybridized carbons (Fsp3) is 0.818. The molecule has 0 saturated carbocycles. The number of nitrogens with two attached hydrogens (primary N) is 1. The molecular weight excluding hydrogens is 206 g/mol. The van der Waals surface area contributed by atoms with Gasteiger partial charge in [-0.25, -0.2) is 0 Å². The molecule has 0 unspecified atom stereocenters. The molecule has 0 aliphatic rings. The zero-order valence-corrected chi connectivity index (χ0v) is 10.1. The summed E-state index contributed by atoms with van der Waals surface area (Å²) in [6, 6.07) is 0. The standard InChI is InChI=1S/C11H23N3O2/c1-2-8-13-11(16)9-14-10(15)6-4-3-5-7-12/h2-9,12H2,1H3,(H,13,16)(H,14,15). The molecule has 0 bridgehead atoms. The number of carbonyl (C=O) groups is 2. The number of carbonyl (C=O) groups excluding carboxylic acids is 2. The van der Waals surface area contributed by atoms with Crippen molar-refractivity contribution < 1.29 is 9.59 Å². The lowest BCUT2D eigenvalue weighted by Gasteiger charge is -2.05. The second-order valence-corrected chi connectivity index (χ2v) is 3.73. The second kappa shape index (κ2) is 10.4. The van der Waals surface area contributed by atoms with Crippen LogP contribution < -0.4 is 16.4 Å². The normalized spacial score (nSPS) is 9.88. The molecular formula is C11H23N3O2. The Bertz CT molecular complexity index is 207. The summed E-state index contributed by atoms with van der Waals surface area (Å²) in [6.07, 6.45) is 4.12. The molecule has 0 atom stereocenters. The molecule has 0 fully saturated rings. The van der Waals surface area contributed by atoms with Crippen molar-refractivity contribution in [3.05, 3.63) is 0 Å². The third-order valence-corrected chi connectivity index (χ3v) is 2.13. The summed E-state index contributed by atoms with van der Waals surface area (Å²) in [6.45, 7) is 3.39. The number of amides is 2. The molecule has 0 aromatic carbocycles. The lowest BCUT2D eigenvalue weighted by molar-refractivity contribution is -0.126. The highest BCUT2D eigenvalue weighted by atomic mass is 16.2. The molecule has 94 valence electrons. The van der Waals surface area contributed by atoms with Gasteiger partial charge in [-0.15, -0.1) is 0 Å². The van der Waals surface area contributed by atoms with E-state index in [1.54, 1.807) is 0 Å². The molecule has 4 N–H and O–H groups in total. The van der Waals surface area contributed by atoms with Crippen LogP contribution in [0.25, 0.3) is 0 Å². The average Bonchev–Trinajstić information content (AvgIpc) is 2.29. The summed E-state index contributed by atoms with van der Waals surface area (Å²) in [5.74, 6) is -0.194. The fourth-order valence-corrected chi connectivity index (χ4v) is 1.20. The molecule has 0 aromatic rings. The Hall–Kier alpha value is -1.10. The Morgan fingerprint density at radius 1 is 1.06 bits per heavy atom. The Balaban J connectivity index is 3.38. The summed E-state index contributed by atoms with van der Waals surface area (Å²) >= 11 is 0. The van der Waals surface area contributed by atoms with Crippen LogP contribution in [-0.4, -0.2) is 31.4 Å². The van der Waals surface area contributed by atoms with Gasteiger partial charge in [-0.05, 0) is 25.8 Å². The van der Waals surface area contributed by atoms with Crippen LogP contribution in [0.3, 0.4) is 0 Å². The maximum atomic E-state index is 11.3. The highest BCUT2D eigenvalue weighted by Gasteiger charge is 2.04. The van der Waals surface area contributed by atoms with Crippen LogP contribution in [0.4, 0.5) is 0 Å². The molecule has 0 aliphatic heterocycles. The quantitative estimate of drug-likeness (QED) is 0.492. The van der Waals surface area contributed by atoms with Gasteiger partial charge < -0.3 is 16.4 Å². The van der Waals surface area contributed by atoms with Gasteiger partial charge in [-0.3, -0.25) is 9.59 Å². The van der Waals surface area contributed by atoms with Gasteiger partial charge in [0.05, 0.1) is 6.54 Å². The Labute approximate surface area is 97.2 Å². The summed E-state index contributed by atoms with van der Waals surface area (Å²) < 4.78 is 0. The van der Waals surface area contributed by atoms with Gasteiger partial charge in [0.1, 0.15) is 0 Å². The van der Waals surface area contributed by atoms with Gasteiger partial charge in [-0.1, -0.05) is 13.3 Å². The van der Waals surface area contributed by atoms with Crippen molar-refractivity contribution in [3.63, 3.8) is 0 Å². The van der Waals surface area contributed by atoms with Crippen molar-refractivity contribution in [2.75, 3.05) is 19.6 Å². The molecule has 16 heavy (non-hydrogen) atoms. The maximum absolute atomic E-state index is 11.3. The van der Waals surface area contributed by atoms with E-state index in [0.29, 0.717) is 19.5 Å². The van der Waals surface area contributed by atoms with E-state index in [1.165, 1.54) is 0 Å². The Morgan fingerprint density at radius 3 is 2.44 bits per heavy atom. The number of hydrogen-bond donors (Lipinski definition) is 3. The topological polar surface area (TPSA) is 84.2 Å². The lowest BCUT2D eigenvalue weighted by Crippen LogP contribution is -2.37. The lowest BCUT2D eigenvalue weighted by atomic mass is 10.2. The van der Waals surface area contributed by atoms with Crippen molar-refractivity contribution >= 4 is 11.8 Å². The summed E-state index contributed by atoms with van der Waals surface area (Å²) in [4.78, 5) is 22.4. The SMILES string of the molecule is CCCNC(=O)CNC(=O)CCCCCN. The van der Waals surface area contributed by atoms with Crippen LogP contribution in [0, 0.1) is 0 Å². The Morgan fingerprint density at radius 2 is 1.81 bits per heavy atom. The average molecular weight is 229 g/mol. The van der Waals surface area contributed by atoms with Crippen molar-refractivity contribution in [2.45, 2.75) is 39.0 Å². The van der Waals surface area contributed by atoms with E-state index in [2.05, 4.69) is 10.6 Å². The van der Waals surface area contributed by atoms with E-state index in [0.717, 1.165) is 25.7 Å². The molecule has 0 heterocycles. The zero-order chi connectivity index (χ0) is 12.2. The molecule has 0 aromatic heterocycles. The van der Waals surface area contributed by atoms with E-state index < -0.39 is 0 Å².